The molecule has 1 saturated heterocycles. The molecular formula is C27H29ClFN5O4S. The van der Waals surface area contributed by atoms with Gasteiger partial charge in [-0.2, -0.15) is 0 Å². The monoisotopic (exact) mass is 573 g/mol. The van der Waals surface area contributed by atoms with E-state index in [0.717, 1.165) is 5.56 Å². The Kier molecular flexibility index (Phi) is 7.19. The second kappa shape index (κ2) is 10.3. The lowest BCUT2D eigenvalue weighted by atomic mass is 10.0. The Labute approximate surface area is 232 Å². The largest absolute Gasteiger partial charge is 0.465 e. The van der Waals surface area contributed by atoms with Gasteiger partial charge in [-0.1, -0.05) is 55.8 Å². The van der Waals surface area contributed by atoms with Crippen LogP contribution < -0.4 is 4.31 Å². The van der Waals surface area contributed by atoms with Gasteiger partial charge in [-0.25, -0.2) is 18.5 Å². The molecule has 3 N–H and O–H groups in total. The summed E-state index contributed by atoms with van der Waals surface area (Å²) in [5.74, 6) is -0.0673. The maximum Gasteiger partial charge on any atom is 0.407 e. The molecule has 0 saturated carbocycles. The van der Waals surface area contributed by atoms with Crippen molar-refractivity contribution in [2.45, 2.75) is 32.7 Å². The molecule has 3 aromatic rings. The van der Waals surface area contributed by atoms with Gasteiger partial charge in [0.1, 0.15) is 5.82 Å². The number of aromatic nitrogens is 1. The molecule has 12 heteroatoms. The number of benzene rings is 2. The number of amides is 1. The minimum Gasteiger partial charge on any atom is -0.465 e. The number of rotatable bonds is 3. The maximum atomic E-state index is 14.9. The first-order valence-electron chi connectivity index (χ1n) is 12.5. The first-order chi connectivity index (χ1) is 18.5. The van der Waals surface area contributed by atoms with Crippen LogP contribution >= 0.6 is 22.6 Å². The summed E-state index contributed by atoms with van der Waals surface area (Å²) in [5, 5.41) is 9.62. The number of para-hydroxylation sites is 1. The number of pyridine rings is 1. The molecular weight excluding hydrogens is 545 g/mol. The third kappa shape index (κ3) is 4.91. The summed E-state index contributed by atoms with van der Waals surface area (Å²) in [6.07, 6.45) is -1.02. The fourth-order valence-corrected chi connectivity index (χ4v) is 6.59. The topological polar surface area (TPSA) is 113 Å². The van der Waals surface area contributed by atoms with Crippen LogP contribution in [0.4, 0.5) is 20.7 Å². The lowest BCUT2D eigenvalue weighted by Crippen LogP contribution is -2.56. The summed E-state index contributed by atoms with van der Waals surface area (Å²) in [6, 6.07) is 14.7. The van der Waals surface area contributed by atoms with Crippen LogP contribution in [0.2, 0.25) is 5.02 Å². The number of carbonyl (C=O) groups is 1. The van der Waals surface area contributed by atoms with Crippen LogP contribution in [0.3, 0.4) is 0 Å². The second-order valence-electron chi connectivity index (χ2n) is 9.85. The van der Waals surface area contributed by atoms with E-state index in [9.17, 15) is 23.4 Å². The summed E-state index contributed by atoms with van der Waals surface area (Å²) < 4.78 is 43.7. The van der Waals surface area contributed by atoms with Gasteiger partial charge in [-0.3, -0.25) is 9.11 Å². The van der Waals surface area contributed by atoms with Crippen LogP contribution in [0.15, 0.2) is 59.0 Å². The summed E-state index contributed by atoms with van der Waals surface area (Å²) in [7, 11) is -3.87. The number of carboxylic acid groups (broad SMARTS) is 1. The third-order valence-electron chi connectivity index (χ3n) is 6.92. The molecule has 206 valence electrons. The van der Waals surface area contributed by atoms with Gasteiger partial charge in [0.25, 0.3) is 0 Å². The number of hydrogen-bond acceptors (Lipinski definition) is 7. The predicted molar refractivity (Wildman–Crippen MR) is 152 cm³/mol. The smallest absolute Gasteiger partial charge is 0.407 e. The number of nitrogens with zero attached hydrogens (tertiary/aromatic N) is 5. The van der Waals surface area contributed by atoms with Gasteiger partial charge in [0.2, 0.25) is 0 Å². The Morgan fingerprint density at radius 3 is 2.46 bits per heavy atom. The molecule has 39 heavy (non-hydrogen) atoms. The minimum absolute atomic E-state index is 0.0349. The Morgan fingerprint density at radius 1 is 1.10 bits per heavy atom. The standard InChI is InChI=1S/C27H29ClFN5O4S/c1-16(2)18-8-5-7-11-23(18)34-25-20(14-21(28)24(30-25)19-9-4-6-10-22(19)29)26(31-39(34,37)38)33-13-12-32(27(35)36)15-17(33)3/h4-11,14,16-17,37-38H,12-13,15H2,1-3H3,(H,35,36). The molecule has 1 atom stereocenters. The molecule has 0 radical (unpaired) electrons. The summed E-state index contributed by atoms with van der Waals surface area (Å²) >= 11 is 6.69. The lowest BCUT2D eigenvalue weighted by Gasteiger charge is -2.47. The van der Waals surface area contributed by atoms with Gasteiger partial charge >= 0.3 is 6.09 Å². The molecule has 2 aliphatic heterocycles. The van der Waals surface area contributed by atoms with Gasteiger partial charge in [0.05, 0.1) is 22.0 Å². The highest BCUT2D eigenvalue weighted by Crippen LogP contribution is 2.58. The van der Waals surface area contributed by atoms with Crippen LogP contribution in [-0.2, 0) is 0 Å². The molecule has 9 nitrogen and oxygen atoms in total. The molecule has 1 amide bonds. The molecule has 3 heterocycles. The van der Waals surface area contributed by atoms with Crippen molar-refractivity contribution in [1.29, 1.82) is 0 Å². The zero-order valence-electron chi connectivity index (χ0n) is 21.6. The van der Waals surface area contributed by atoms with Crippen molar-refractivity contribution in [3.63, 3.8) is 0 Å². The Bertz CT molecular complexity index is 1470. The zero-order chi connectivity index (χ0) is 28.1. The third-order valence-corrected chi connectivity index (χ3v) is 8.49. The quantitative estimate of drug-likeness (QED) is 0.315. The van der Waals surface area contributed by atoms with E-state index in [-0.39, 0.29) is 59.5 Å². The Balaban J connectivity index is 1.74. The number of amidine groups is 1. The van der Waals surface area contributed by atoms with Crippen molar-refractivity contribution >= 4 is 46.0 Å². The molecule has 0 aliphatic carbocycles. The van der Waals surface area contributed by atoms with Crippen LogP contribution in [-0.4, -0.2) is 66.6 Å². The highest BCUT2D eigenvalue weighted by molar-refractivity contribution is 8.24. The summed E-state index contributed by atoms with van der Waals surface area (Å²) in [6.45, 7) is 6.52. The lowest BCUT2D eigenvalue weighted by molar-refractivity contribution is 0.106. The van der Waals surface area contributed by atoms with E-state index in [4.69, 9.17) is 16.6 Å². The second-order valence-corrected chi connectivity index (χ2v) is 11.8. The van der Waals surface area contributed by atoms with Crippen molar-refractivity contribution in [3.05, 3.63) is 76.6 Å². The minimum atomic E-state index is -3.87. The van der Waals surface area contributed by atoms with Crippen LogP contribution in [0, 0.1) is 5.82 Å². The number of halogens is 2. The highest BCUT2D eigenvalue weighted by Gasteiger charge is 2.41. The highest BCUT2D eigenvalue weighted by atomic mass is 35.5. The van der Waals surface area contributed by atoms with Crippen molar-refractivity contribution in [2.75, 3.05) is 23.9 Å². The van der Waals surface area contributed by atoms with Crippen molar-refractivity contribution < 1.29 is 23.4 Å². The molecule has 0 bridgehead atoms. The maximum absolute atomic E-state index is 14.9. The predicted octanol–water partition coefficient (Wildman–Crippen LogP) is 6.83. The van der Waals surface area contributed by atoms with Crippen molar-refractivity contribution in [1.82, 2.24) is 14.8 Å². The van der Waals surface area contributed by atoms with E-state index in [0.29, 0.717) is 11.3 Å². The van der Waals surface area contributed by atoms with E-state index in [1.165, 1.54) is 15.3 Å². The van der Waals surface area contributed by atoms with Gasteiger partial charge in [-0.15, -0.1) is 4.40 Å². The molecule has 2 aliphatic rings. The molecule has 2 aromatic carbocycles. The van der Waals surface area contributed by atoms with Crippen LogP contribution in [0.5, 0.6) is 0 Å². The zero-order valence-corrected chi connectivity index (χ0v) is 23.2. The van der Waals surface area contributed by atoms with Crippen molar-refractivity contribution in [3.8, 4) is 11.3 Å². The summed E-state index contributed by atoms with van der Waals surface area (Å²) in [5.41, 5.74) is 2.11. The van der Waals surface area contributed by atoms with E-state index in [1.54, 1.807) is 36.4 Å². The number of piperazine rings is 1. The molecule has 1 fully saturated rings. The first-order valence-corrected chi connectivity index (χ1v) is 14.3. The van der Waals surface area contributed by atoms with E-state index >= 15 is 0 Å². The van der Waals surface area contributed by atoms with Gasteiger partial charge in [-0.05, 0) is 53.6 Å². The number of anilines is 2. The number of fused-ring (bicyclic) bond motifs is 1. The molecule has 1 unspecified atom stereocenters. The summed E-state index contributed by atoms with van der Waals surface area (Å²) in [4.78, 5) is 19.4. The van der Waals surface area contributed by atoms with Crippen LogP contribution in [0.25, 0.3) is 11.3 Å². The molecule has 1 aromatic heterocycles. The van der Waals surface area contributed by atoms with E-state index in [1.807, 2.05) is 37.8 Å². The van der Waals surface area contributed by atoms with Crippen LogP contribution in [0.1, 0.15) is 37.8 Å². The average molecular weight is 574 g/mol. The number of hydrogen-bond donors (Lipinski definition) is 3. The fourth-order valence-electron chi connectivity index (χ4n) is 5.02. The van der Waals surface area contributed by atoms with E-state index in [2.05, 4.69) is 4.40 Å². The van der Waals surface area contributed by atoms with Gasteiger partial charge in [0.15, 0.2) is 11.7 Å². The SMILES string of the molecule is CC(C)c1ccccc1N1c2nc(-c3ccccc3F)c(Cl)cc2C(N2CCN(C(=O)O)CC2C)=NS1(O)O. The van der Waals surface area contributed by atoms with Gasteiger partial charge in [0, 0.05) is 31.2 Å². The normalized spacial score (nSPS) is 19.5. The average Bonchev–Trinajstić information content (AvgIpc) is 2.88. The fraction of sp³-hybridized carbons (Fsp3) is 0.296. The molecule has 0 spiro atoms. The van der Waals surface area contributed by atoms with E-state index < -0.39 is 22.9 Å². The molecule has 5 rings (SSSR count). The van der Waals surface area contributed by atoms with Crippen molar-refractivity contribution in [2.24, 2.45) is 4.40 Å². The Morgan fingerprint density at radius 2 is 1.79 bits per heavy atom. The first kappa shape index (κ1) is 27.2. The van der Waals surface area contributed by atoms with Gasteiger partial charge < -0.3 is 14.9 Å². The Hall–Kier alpha value is -3.38.